The van der Waals surface area contributed by atoms with Crippen LogP contribution in [0.3, 0.4) is 0 Å². The highest BCUT2D eigenvalue weighted by Crippen LogP contribution is 2.29. The summed E-state index contributed by atoms with van der Waals surface area (Å²) >= 11 is 0. The number of hydrogen-bond acceptors (Lipinski definition) is 3. The summed E-state index contributed by atoms with van der Waals surface area (Å²) in [5.74, 6) is 0.381. The lowest BCUT2D eigenvalue weighted by molar-refractivity contribution is -0.165. The molecule has 0 aliphatic rings. The quantitative estimate of drug-likeness (QED) is 0.681. The van der Waals surface area contributed by atoms with Crippen LogP contribution < -0.4 is 4.74 Å². The third-order valence-electron chi connectivity index (χ3n) is 3.50. The predicted molar refractivity (Wildman–Crippen MR) is 72.2 cm³/mol. The second-order valence-electron chi connectivity index (χ2n) is 4.58. The number of nitrogens with zero attached hydrogens (tertiary/aromatic N) is 2. The number of methoxy groups -OCH3 is 1. The molecule has 1 amide bonds. The fourth-order valence-corrected chi connectivity index (χ4v) is 2.22. The van der Waals surface area contributed by atoms with Crippen LogP contribution in [-0.2, 0) is 18.4 Å². The summed E-state index contributed by atoms with van der Waals surface area (Å²) in [7, 11) is 3.58. The minimum atomic E-state index is -0.376. The number of hydroxylamine groups is 2. The SMILES string of the molecule is COc1ccc2c(c1)c(CN(O)C(C)=O)c(C)n2C. The smallest absolute Gasteiger partial charge is 0.243 e. The summed E-state index contributed by atoms with van der Waals surface area (Å²) in [6, 6.07) is 5.79. The molecular formula is C14H18N2O3. The fraction of sp³-hybridized carbons (Fsp3) is 0.357. The van der Waals surface area contributed by atoms with E-state index in [1.165, 1.54) is 6.92 Å². The summed E-state index contributed by atoms with van der Waals surface area (Å²) in [4.78, 5) is 11.2. The summed E-state index contributed by atoms with van der Waals surface area (Å²) in [6.07, 6.45) is 0. The van der Waals surface area contributed by atoms with E-state index >= 15 is 0 Å². The zero-order valence-electron chi connectivity index (χ0n) is 11.6. The number of aromatic nitrogens is 1. The molecule has 0 radical (unpaired) electrons. The first-order chi connectivity index (χ1) is 8.95. The second-order valence-corrected chi connectivity index (χ2v) is 4.58. The molecule has 0 fully saturated rings. The maximum Gasteiger partial charge on any atom is 0.243 e. The van der Waals surface area contributed by atoms with Gasteiger partial charge in [0.15, 0.2) is 0 Å². The highest BCUT2D eigenvalue weighted by molar-refractivity contribution is 5.87. The van der Waals surface area contributed by atoms with E-state index in [-0.39, 0.29) is 12.5 Å². The number of carbonyl (C=O) groups excluding carboxylic acids is 1. The Morgan fingerprint density at radius 2 is 2.16 bits per heavy atom. The van der Waals surface area contributed by atoms with E-state index in [1.54, 1.807) is 7.11 Å². The van der Waals surface area contributed by atoms with Crippen LogP contribution in [0.25, 0.3) is 10.9 Å². The van der Waals surface area contributed by atoms with Crippen LogP contribution in [0.4, 0.5) is 0 Å². The monoisotopic (exact) mass is 262 g/mol. The van der Waals surface area contributed by atoms with Crippen molar-refractivity contribution in [3.8, 4) is 5.75 Å². The van der Waals surface area contributed by atoms with E-state index in [1.807, 2.05) is 36.7 Å². The first-order valence-corrected chi connectivity index (χ1v) is 6.04. The zero-order valence-corrected chi connectivity index (χ0v) is 11.6. The predicted octanol–water partition coefficient (Wildman–Crippen LogP) is 2.23. The molecule has 1 aromatic carbocycles. The van der Waals surface area contributed by atoms with E-state index in [9.17, 15) is 10.0 Å². The Morgan fingerprint density at radius 3 is 2.74 bits per heavy atom. The van der Waals surface area contributed by atoms with Gasteiger partial charge in [-0.15, -0.1) is 0 Å². The van der Waals surface area contributed by atoms with Gasteiger partial charge in [0.1, 0.15) is 5.75 Å². The maximum atomic E-state index is 11.2. The van der Waals surface area contributed by atoms with Gasteiger partial charge >= 0.3 is 0 Å². The Morgan fingerprint density at radius 1 is 1.47 bits per heavy atom. The van der Waals surface area contributed by atoms with Gasteiger partial charge in [0.05, 0.1) is 13.7 Å². The van der Waals surface area contributed by atoms with Crippen LogP contribution in [0, 0.1) is 6.92 Å². The Kier molecular flexibility index (Phi) is 3.48. The first-order valence-electron chi connectivity index (χ1n) is 6.04. The molecule has 0 bridgehead atoms. The lowest BCUT2D eigenvalue weighted by Crippen LogP contribution is -2.24. The highest BCUT2D eigenvalue weighted by atomic mass is 16.5. The summed E-state index contributed by atoms with van der Waals surface area (Å²) in [5.41, 5.74) is 2.99. The number of fused-ring (bicyclic) bond motifs is 1. The van der Waals surface area contributed by atoms with Crippen LogP contribution >= 0.6 is 0 Å². The van der Waals surface area contributed by atoms with E-state index < -0.39 is 0 Å². The maximum absolute atomic E-state index is 11.2. The number of benzene rings is 1. The third kappa shape index (κ3) is 2.29. The molecule has 0 atom stereocenters. The normalized spacial score (nSPS) is 10.8. The van der Waals surface area contributed by atoms with Crippen molar-refractivity contribution in [1.82, 2.24) is 9.63 Å². The average Bonchev–Trinajstić information content (AvgIpc) is 2.63. The molecule has 0 aliphatic carbocycles. The zero-order chi connectivity index (χ0) is 14.2. The van der Waals surface area contributed by atoms with E-state index in [0.717, 1.165) is 33.0 Å². The van der Waals surface area contributed by atoms with Crippen LogP contribution in [0.2, 0.25) is 0 Å². The summed E-state index contributed by atoms with van der Waals surface area (Å²) in [6.45, 7) is 3.47. The molecule has 102 valence electrons. The van der Waals surface area contributed by atoms with Crippen LogP contribution in [0.1, 0.15) is 18.2 Å². The summed E-state index contributed by atoms with van der Waals surface area (Å²) < 4.78 is 7.27. The number of rotatable bonds is 3. The Hall–Kier alpha value is -2.01. The van der Waals surface area contributed by atoms with Crippen molar-refractivity contribution in [2.45, 2.75) is 20.4 Å². The minimum absolute atomic E-state index is 0.172. The van der Waals surface area contributed by atoms with Crippen LogP contribution in [0.15, 0.2) is 18.2 Å². The summed E-state index contributed by atoms with van der Waals surface area (Å²) in [5, 5.41) is 11.4. The van der Waals surface area contributed by atoms with Gasteiger partial charge in [0.25, 0.3) is 0 Å². The molecule has 1 aromatic heterocycles. The van der Waals surface area contributed by atoms with Crippen molar-refractivity contribution < 1.29 is 14.7 Å². The Bertz CT molecular complexity index is 631. The third-order valence-corrected chi connectivity index (χ3v) is 3.50. The van der Waals surface area contributed by atoms with Gasteiger partial charge in [-0.25, -0.2) is 5.06 Å². The van der Waals surface area contributed by atoms with Crippen molar-refractivity contribution in [2.75, 3.05) is 7.11 Å². The molecule has 0 spiro atoms. The number of ether oxygens (including phenoxy) is 1. The fourth-order valence-electron chi connectivity index (χ4n) is 2.22. The van der Waals surface area contributed by atoms with Crippen molar-refractivity contribution in [1.29, 1.82) is 0 Å². The van der Waals surface area contributed by atoms with Crippen LogP contribution in [0.5, 0.6) is 5.75 Å². The number of hydrogen-bond donors (Lipinski definition) is 1. The standard InChI is InChI=1S/C14H18N2O3/c1-9-13(8-16(18)10(2)17)12-7-11(19-4)5-6-14(12)15(9)3/h5-7,18H,8H2,1-4H3. The Balaban J connectivity index is 2.58. The minimum Gasteiger partial charge on any atom is -0.497 e. The van der Waals surface area contributed by atoms with E-state index in [2.05, 4.69) is 0 Å². The molecule has 5 heteroatoms. The van der Waals surface area contributed by atoms with Gasteiger partial charge in [0, 0.05) is 36.1 Å². The lowest BCUT2D eigenvalue weighted by atomic mass is 10.1. The van der Waals surface area contributed by atoms with Crippen molar-refractivity contribution in [2.24, 2.45) is 7.05 Å². The van der Waals surface area contributed by atoms with E-state index in [4.69, 9.17) is 4.74 Å². The molecule has 1 heterocycles. The van der Waals surface area contributed by atoms with Crippen molar-refractivity contribution in [3.63, 3.8) is 0 Å². The Labute approximate surface area is 112 Å². The van der Waals surface area contributed by atoms with Crippen LogP contribution in [-0.4, -0.2) is 27.9 Å². The number of amides is 1. The molecule has 2 aromatic rings. The van der Waals surface area contributed by atoms with Gasteiger partial charge in [-0.1, -0.05) is 0 Å². The number of aryl methyl sites for hydroxylation is 1. The topological polar surface area (TPSA) is 54.7 Å². The van der Waals surface area contributed by atoms with Crippen molar-refractivity contribution >= 4 is 16.8 Å². The molecule has 0 saturated heterocycles. The molecule has 0 saturated carbocycles. The largest absolute Gasteiger partial charge is 0.497 e. The first kappa shape index (κ1) is 13.4. The van der Waals surface area contributed by atoms with Gasteiger partial charge in [0.2, 0.25) is 5.91 Å². The van der Waals surface area contributed by atoms with E-state index in [0.29, 0.717) is 0 Å². The average molecular weight is 262 g/mol. The molecule has 19 heavy (non-hydrogen) atoms. The second kappa shape index (κ2) is 4.93. The van der Waals surface area contributed by atoms with Gasteiger partial charge in [-0.05, 0) is 25.1 Å². The molecule has 2 rings (SSSR count). The molecule has 0 aliphatic heterocycles. The van der Waals surface area contributed by atoms with Gasteiger partial charge in [-0.2, -0.15) is 0 Å². The van der Waals surface area contributed by atoms with Gasteiger partial charge in [-0.3, -0.25) is 10.0 Å². The number of carbonyl (C=O) groups is 1. The molecule has 1 N–H and O–H groups in total. The van der Waals surface area contributed by atoms with Crippen molar-refractivity contribution in [3.05, 3.63) is 29.5 Å². The van der Waals surface area contributed by atoms with Gasteiger partial charge < -0.3 is 9.30 Å². The lowest BCUT2D eigenvalue weighted by Gasteiger charge is -2.13. The molecule has 0 unspecified atom stereocenters. The highest BCUT2D eigenvalue weighted by Gasteiger charge is 2.16. The molecule has 5 nitrogen and oxygen atoms in total. The molecular weight excluding hydrogens is 244 g/mol.